The van der Waals surface area contributed by atoms with Crippen molar-refractivity contribution < 1.29 is 14.3 Å². The van der Waals surface area contributed by atoms with Crippen LogP contribution in [-0.2, 0) is 4.79 Å². The number of ether oxygens (including phenoxy) is 1. The van der Waals surface area contributed by atoms with Crippen LogP contribution in [0.3, 0.4) is 0 Å². The molecule has 0 bridgehead atoms. The number of amides is 2. The molecule has 0 radical (unpaired) electrons. The van der Waals surface area contributed by atoms with Gasteiger partial charge in [-0.3, -0.25) is 10.1 Å². The zero-order chi connectivity index (χ0) is 15.1. The number of nitrogens with two attached hydrogens (primary N) is 1. The lowest BCUT2D eigenvalue weighted by Gasteiger charge is -2.10. The van der Waals surface area contributed by atoms with Gasteiger partial charge in [0.1, 0.15) is 5.75 Å². The number of hydrogen-bond donors (Lipinski definition) is 2. The van der Waals surface area contributed by atoms with Gasteiger partial charge < -0.3 is 10.5 Å². The van der Waals surface area contributed by atoms with Gasteiger partial charge in [0.25, 0.3) is 0 Å². The van der Waals surface area contributed by atoms with E-state index in [4.69, 9.17) is 10.5 Å². The smallest absolute Gasteiger partial charge is 0.410 e. The molecule has 0 saturated heterocycles. The predicted molar refractivity (Wildman–Crippen MR) is 82.4 cm³/mol. The average molecular weight is 302 g/mol. The third-order valence-corrected chi connectivity index (χ3v) is 3.54. The van der Waals surface area contributed by atoms with E-state index in [2.05, 4.69) is 5.32 Å². The van der Waals surface area contributed by atoms with Crippen LogP contribution >= 0.6 is 11.8 Å². The summed E-state index contributed by atoms with van der Waals surface area (Å²) in [6, 6.07) is 15.9. The van der Waals surface area contributed by atoms with Crippen LogP contribution in [0, 0.1) is 0 Å². The Morgan fingerprint density at radius 3 is 2.43 bits per heavy atom. The maximum Gasteiger partial charge on any atom is 0.417 e. The molecular formula is C15H14N2O3S. The first kappa shape index (κ1) is 14.9. The Morgan fingerprint density at radius 2 is 1.71 bits per heavy atom. The summed E-state index contributed by atoms with van der Waals surface area (Å²) in [6.45, 7) is 0. The number of rotatable bonds is 5. The van der Waals surface area contributed by atoms with Crippen LogP contribution in [0.1, 0.15) is 0 Å². The second kappa shape index (κ2) is 7.35. The number of benzene rings is 2. The van der Waals surface area contributed by atoms with E-state index in [1.807, 2.05) is 12.1 Å². The van der Waals surface area contributed by atoms with Crippen molar-refractivity contribution in [3.05, 3.63) is 54.6 Å². The van der Waals surface area contributed by atoms with Gasteiger partial charge in [0.15, 0.2) is 0 Å². The molecule has 0 aromatic heterocycles. The van der Waals surface area contributed by atoms with Crippen molar-refractivity contribution >= 4 is 29.4 Å². The Hall–Kier alpha value is -2.47. The summed E-state index contributed by atoms with van der Waals surface area (Å²) >= 11 is 1.26. The van der Waals surface area contributed by atoms with Gasteiger partial charge in [-0.05, 0) is 24.3 Å². The third kappa shape index (κ3) is 4.85. The van der Waals surface area contributed by atoms with E-state index in [-0.39, 0.29) is 5.75 Å². The molecule has 0 saturated carbocycles. The van der Waals surface area contributed by atoms with Gasteiger partial charge in [0.2, 0.25) is 5.91 Å². The van der Waals surface area contributed by atoms with Gasteiger partial charge in [0.05, 0.1) is 11.4 Å². The maximum absolute atomic E-state index is 11.8. The molecule has 3 N–H and O–H groups in total. The monoisotopic (exact) mass is 302 g/mol. The second-order valence-corrected chi connectivity index (χ2v) is 5.10. The Kier molecular flexibility index (Phi) is 5.22. The fourth-order valence-corrected chi connectivity index (χ4v) is 2.32. The minimum Gasteiger partial charge on any atom is -0.410 e. The largest absolute Gasteiger partial charge is 0.417 e. The lowest BCUT2D eigenvalue weighted by molar-refractivity contribution is -0.115. The molecule has 0 fully saturated rings. The summed E-state index contributed by atoms with van der Waals surface area (Å²) in [6.07, 6.45) is -0.590. The number of hydrogen-bond acceptors (Lipinski definition) is 4. The Labute approximate surface area is 126 Å². The number of carbonyl (C=O) groups excluding carboxylic acids is 2. The van der Waals surface area contributed by atoms with E-state index in [0.29, 0.717) is 11.4 Å². The first-order valence-electron chi connectivity index (χ1n) is 6.19. The van der Waals surface area contributed by atoms with Crippen molar-refractivity contribution in [3.63, 3.8) is 0 Å². The molecule has 2 aromatic carbocycles. The Balaban J connectivity index is 2.01. The number of nitrogens with one attached hydrogen (secondary N) is 1. The lowest BCUT2D eigenvalue weighted by Crippen LogP contribution is -2.17. The maximum atomic E-state index is 11.8. The summed E-state index contributed by atoms with van der Waals surface area (Å²) < 4.78 is 5.15. The highest BCUT2D eigenvalue weighted by Gasteiger charge is 2.09. The predicted octanol–water partition coefficient (Wildman–Crippen LogP) is 2.87. The zero-order valence-corrected chi connectivity index (χ0v) is 11.9. The van der Waals surface area contributed by atoms with Crippen LogP contribution in [0.4, 0.5) is 10.5 Å². The molecule has 0 aliphatic heterocycles. The fourth-order valence-electron chi connectivity index (χ4n) is 1.58. The molecule has 2 rings (SSSR count). The normalized spacial score (nSPS) is 9.90. The van der Waals surface area contributed by atoms with Crippen molar-refractivity contribution in [2.75, 3.05) is 11.1 Å². The topological polar surface area (TPSA) is 81.4 Å². The number of anilines is 1. The number of para-hydroxylation sites is 2. The molecule has 5 nitrogen and oxygen atoms in total. The molecule has 0 atom stereocenters. The Morgan fingerprint density at radius 1 is 1.05 bits per heavy atom. The summed E-state index contributed by atoms with van der Waals surface area (Å²) in [5.74, 6) is 0.186. The molecule has 0 unspecified atom stereocenters. The van der Waals surface area contributed by atoms with E-state index in [9.17, 15) is 9.59 Å². The molecule has 0 heterocycles. The van der Waals surface area contributed by atoms with Gasteiger partial charge in [-0.15, -0.1) is 11.8 Å². The molecule has 2 aromatic rings. The fraction of sp³-hybridized carbons (Fsp3) is 0.0667. The van der Waals surface area contributed by atoms with Crippen LogP contribution in [-0.4, -0.2) is 17.8 Å². The minimum absolute atomic E-state index is 0.145. The van der Waals surface area contributed by atoms with Crippen molar-refractivity contribution in [3.8, 4) is 5.75 Å². The highest BCUT2D eigenvalue weighted by molar-refractivity contribution is 8.00. The molecule has 108 valence electrons. The molecule has 2 amide bonds. The van der Waals surface area contributed by atoms with Gasteiger partial charge in [0, 0.05) is 4.90 Å². The molecule has 0 spiro atoms. The van der Waals surface area contributed by atoms with Crippen LogP contribution in [0.2, 0.25) is 0 Å². The number of thioether (sulfide) groups is 1. The van der Waals surface area contributed by atoms with Crippen LogP contribution < -0.4 is 15.8 Å². The quantitative estimate of drug-likeness (QED) is 0.832. The second-order valence-electron chi connectivity index (χ2n) is 4.08. The molecular weight excluding hydrogens is 288 g/mol. The summed E-state index contributed by atoms with van der Waals surface area (Å²) in [5, 5.41) is 2.65. The number of carbonyl (C=O) groups is 2. The SMILES string of the molecule is NC(=O)CSc1ccccc1NC(=O)Oc1ccccc1. The molecule has 0 aliphatic carbocycles. The summed E-state index contributed by atoms with van der Waals surface area (Å²) in [7, 11) is 0. The van der Waals surface area contributed by atoms with Crippen molar-refractivity contribution in [1.29, 1.82) is 0 Å². The van der Waals surface area contributed by atoms with E-state index >= 15 is 0 Å². The molecule has 0 aliphatic rings. The zero-order valence-electron chi connectivity index (χ0n) is 11.1. The summed E-state index contributed by atoms with van der Waals surface area (Å²) in [5.41, 5.74) is 5.70. The summed E-state index contributed by atoms with van der Waals surface area (Å²) in [4.78, 5) is 23.4. The van der Waals surface area contributed by atoms with Gasteiger partial charge >= 0.3 is 6.09 Å². The minimum atomic E-state index is -0.590. The lowest BCUT2D eigenvalue weighted by atomic mass is 10.3. The van der Waals surface area contributed by atoms with Crippen LogP contribution in [0.25, 0.3) is 0 Å². The van der Waals surface area contributed by atoms with Crippen molar-refractivity contribution in [2.45, 2.75) is 4.90 Å². The van der Waals surface area contributed by atoms with Crippen LogP contribution in [0.5, 0.6) is 5.75 Å². The highest BCUT2D eigenvalue weighted by atomic mass is 32.2. The van der Waals surface area contributed by atoms with Gasteiger partial charge in [-0.1, -0.05) is 30.3 Å². The van der Waals surface area contributed by atoms with E-state index in [1.54, 1.807) is 42.5 Å². The van der Waals surface area contributed by atoms with Crippen LogP contribution in [0.15, 0.2) is 59.5 Å². The average Bonchev–Trinajstić information content (AvgIpc) is 2.47. The van der Waals surface area contributed by atoms with Crippen molar-refractivity contribution in [1.82, 2.24) is 0 Å². The standard InChI is InChI=1S/C15H14N2O3S/c16-14(18)10-21-13-9-5-4-8-12(13)17-15(19)20-11-6-2-1-3-7-11/h1-9H,10H2,(H2,16,18)(H,17,19). The van der Waals surface area contributed by atoms with E-state index < -0.39 is 12.0 Å². The molecule has 6 heteroatoms. The Bertz CT molecular complexity index is 632. The van der Waals surface area contributed by atoms with E-state index in [0.717, 1.165) is 4.90 Å². The first-order valence-corrected chi connectivity index (χ1v) is 7.18. The van der Waals surface area contributed by atoms with Gasteiger partial charge in [-0.2, -0.15) is 0 Å². The first-order chi connectivity index (χ1) is 10.1. The van der Waals surface area contributed by atoms with Crippen molar-refractivity contribution in [2.24, 2.45) is 5.73 Å². The number of primary amides is 1. The highest BCUT2D eigenvalue weighted by Crippen LogP contribution is 2.26. The third-order valence-electron chi connectivity index (χ3n) is 2.45. The molecule has 21 heavy (non-hydrogen) atoms. The van der Waals surface area contributed by atoms with Gasteiger partial charge in [-0.25, -0.2) is 4.79 Å². The van der Waals surface area contributed by atoms with E-state index in [1.165, 1.54) is 11.8 Å².